The largest absolute Gasteiger partial charge is 0.497 e. The molecule has 0 unspecified atom stereocenters. The zero-order valence-corrected chi connectivity index (χ0v) is 15.9. The Morgan fingerprint density at radius 1 is 1.26 bits per heavy atom. The lowest BCUT2D eigenvalue weighted by atomic mass is 10.1. The van der Waals surface area contributed by atoms with Crippen molar-refractivity contribution < 1.29 is 14.0 Å². The summed E-state index contributed by atoms with van der Waals surface area (Å²) in [6.07, 6.45) is 4.10. The number of nitrogens with zero attached hydrogens (tertiary/aromatic N) is 3. The number of hydrogen-bond donors (Lipinski definition) is 1. The molecule has 7 heteroatoms. The van der Waals surface area contributed by atoms with Crippen molar-refractivity contribution in [2.75, 3.05) is 20.8 Å². The molecule has 1 saturated heterocycles. The Morgan fingerprint density at radius 3 is 2.89 bits per heavy atom. The standard InChI is InChI=1S/C20H24N4O3/c1-13-9-19(27-23-13)17-5-4-8-24(17)12-14-11-21-22-20(14)16-10-15(25-2)6-7-18(16)26-3/h6-7,9-11,17H,4-5,8,12H2,1-3H3,(H,21,22)/t17-/m0/s1. The summed E-state index contributed by atoms with van der Waals surface area (Å²) in [7, 11) is 3.33. The van der Waals surface area contributed by atoms with Gasteiger partial charge >= 0.3 is 0 Å². The van der Waals surface area contributed by atoms with Gasteiger partial charge in [-0.3, -0.25) is 10.00 Å². The van der Waals surface area contributed by atoms with Gasteiger partial charge in [0.05, 0.1) is 37.8 Å². The molecule has 1 atom stereocenters. The summed E-state index contributed by atoms with van der Waals surface area (Å²) in [6, 6.07) is 8.05. The first-order valence-electron chi connectivity index (χ1n) is 9.11. The number of methoxy groups -OCH3 is 2. The van der Waals surface area contributed by atoms with Crippen molar-refractivity contribution in [3.8, 4) is 22.8 Å². The van der Waals surface area contributed by atoms with E-state index in [9.17, 15) is 0 Å². The average molecular weight is 368 g/mol. The first-order chi connectivity index (χ1) is 13.2. The van der Waals surface area contributed by atoms with Crippen LogP contribution in [-0.4, -0.2) is 41.0 Å². The van der Waals surface area contributed by atoms with Gasteiger partial charge in [-0.1, -0.05) is 5.16 Å². The molecule has 1 aliphatic heterocycles. The predicted octanol–water partition coefficient (Wildman–Crippen LogP) is 3.73. The monoisotopic (exact) mass is 368 g/mol. The highest BCUT2D eigenvalue weighted by molar-refractivity contribution is 5.71. The number of aromatic amines is 1. The number of rotatable bonds is 6. The van der Waals surface area contributed by atoms with Crippen molar-refractivity contribution in [1.29, 1.82) is 0 Å². The summed E-state index contributed by atoms with van der Waals surface area (Å²) in [4.78, 5) is 2.42. The van der Waals surface area contributed by atoms with Gasteiger partial charge in [-0.15, -0.1) is 0 Å². The van der Waals surface area contributed by atoms with Gasteiger partial charge < -0.3 is 14.0 Å². The molecule has 4 rings (SSSR count). The Kier molecular flexibility index (Phi) is 4.85. The maximum atomic E-state index is 5.55. The van der Waals surface area contributed by atoms with E-state index < -0.39 is 0 Å². The number of hydrogen-bond acceptors (Lipinski definition) is 6. The van der Waals surface area contributed by atoms with Crippen LogP contribution in [0.1, 0.15) is 35.9 Å². The van der Waals surface area contributed by atoms with Gasteiger partial charge in [-0.25, -0.2) is 0 Å². The number of nitrogens with one attached hydrogen (secondary N) is 1. The highest BCUT2D eigenvalue weighted by Crippen LogP contribution is 2.37. The molecule has 3 heterocycles. The molecule has 7 nitrogen and oxygen atoms in total. The fourth-order valence-electron chi connectivity index (χ4n) is 3.77. The number of aryl methyl sites for hydroxylation is 1. The highest BCUT2D eigenvalue weighted by Gasteiger charge is 2.30. The number of likely N-dealkylation sites (tertiary alicyclic amines) is 1. The fourth-order valence-corrected chi connectivity index (χ4v) is 3.77. The Bertz CT molecular complexity index is 918. The van der Waals surface area contributed by atoms with E-state index in [4.69, 9.17) is 14.0 Å². The SMILES string of the molecule is COc1ccc(OC)c(-c2[nH]ncc2CN2CCC[C@H]2c2cc(C)no2)c1. The van der Waals surface area contributed by atoms with E-state index in [0.717, 1.165) is 65.7 Å². The van der Waals surface area contributed by atoms with Crippen LogP contribution < -0.4 is 9.47 Å². The molecule has 1 aromatic carbocycles. The molecule has 27 heavy (non-hydrogen) atoms. The molecule has 1 aliphatic rings. The van der Waals surface area contributed by atoms with Crippen molar-refractivity contribution in [1.82, 2.24) is 20.3 Å². The lowest BCUT2D eigenvalue weighted by molar-refractivity contribution is 0.207. The van der Waals surface area contributed by atoms with Gasteiger partial charge in [-0.05, 0) is 44.5 Å². The molecule has 0 bridgehead atoms. The smallest absolute Gasteiger partial charge is 0.154 e. The second-order valence-corrected chi connectivity index (χ2v) is 6.84. The van der Waals surface area contributed by atoms with E-state index in [1.807, 2.05) is 37.4 Å². The van der Waals surface area contributed by atoms with Crippen molar-refractivity contribution >= 4 is 0 Å². The molecule has 3 aromatic rings. The summed E-state index contributed by atoms with van der Waals surface area (Å²) in [6.45, 7) is 3.75. The summed E-state index contributed by atoms with van der Waals surface area (Å²) in [5, 5.41) is 11.5. The minimum absolute atomic E-state index is 0.251. The van der Waals surface area contributed by atoms with E-state index in [0.29, 0.717) is 0 Å². The molecule has 142 valence electrons. The molecular formula is C20H24N4O3. The maximum Gasteiger partial charge on any atom is 0.154 e. The van der Waals surface area contributed by atoms with Crippen LogP contribution in [0.4, 0.5) is 0 Å². The summed E-state index contributed by atoms with van der Waals surface area (Å²) in [5.74, 6) is 2.50. The molecule has 0 radical (unpaired) electrons. The molecule has 1 fully saturated rings. The molecule has 0 amide bonds. The first kappa shape index (κ1) is 17.6. The van der Waals surface area contributed by atoms with E-state index in [-0.39, 0.29) is 6.04 Å². The van der Waals surface area contributed by atoms with Crippen LogP contribution in [-0.2, 0) is 6.54 Å². The van der Waals surface area contributed by atoms with Gasteiger partial charge in [-0.2, -0.15) is 5.10 Å². The van der Waals surface area contributed by atoms with Crippen molar-refractivity contribution in [2.24, 2.45) is 0 Å². The van der Waals surface area contributed by atoms with Crippen LogP contribution in [0.15, 0.2) is 35.0 Å². The van der Waals surface area contributed by atoms with Gasteiger partial charge in [0, 0.05) is 23.7 Å². The molecule has 0 spiro atoms. The van der Waals surface area contributed by atoms with Crippen LogP contribution in [0, 0.1) is 6.92 Å². The zero-order valence-electron chi connectivity index (χ0n) is 15.9. The van der Waals surface area contributed by atoms with Crippen molar-refractivity contribution in [3.63, 3.8) is 0 Å². The Morgan fingerprint density at radius 2 is 2.15 bits per heavy atom. The quantitative estimate of drug-likeness (QED) is 0.714. The molecule has 1 N–H and O–H groups in total. The van der Waals surface area contributed by atoms with Crippen molar-refractivity contribution in [2.45, 2.75) is 32.4 Å². The summed E-state index contributed by atoms with van der Waals surface area (Å²) >= 11 is 0. The molecule has 2 aromatic heterocycles. The molecule has 0 aliphatic carbocycles. The third kappa shape index (κ3) is 3.42. The number of aromatic nitrogens is 3. The first-order valence-corrected chi connectivity index (χ1v) is 9.11. The van der Waals surface area contributed by atoms with Crippen LogP contribution in [0.5, 0.6) is 11.5 Å². The van der Waals surface area contributed by atoms with Gasteiger partial charge in [0.15, 0.2) is 5.76 Å². The van der Waals surface area contributed by atoms with Crippen LogP contribution in [0.2, 0.25) is 0 Å². The van der Waals surface area contributed by atoms with Gasteiger partial charge in [0.25, 0.3) is 0 Å². The number of ether oxygens (including phenoxy) is 2. The van der Waals surface area contributed by atoms with E-state index in [1.54, 1.807) is 14.2 Å². The fraction of sp³-hybridized carbons (Fsp3) is 0.400. The summed E-state index contributed by atoms with van der Waals surface area (Å²) < 4.78 is 16.5. The zero-order chi connectivity index (χ0) is 18.8. The van der Waals surface area contributed by atoms with Crippen LogP contribution in [0.3, 0.4) is 0 Å². The second-order valence-electron chi connectivity index (χ2n) is 6.84. The van der Waals surface area contributed by atoms with Crippen LogP contribution in [0.25, 0.3) is 11.3 Å². The summed E-state index contributed by atoms with van der Waals surface area (Å²) in [5.41, 5.74) is 3.92. The molecular weight excluding hydrogens is 344 g/mol. The van der Waals surface area contributed by atoms with E-state index in [1.165, 1.54) is 0 Å². The Balaban J connectivity index is 1.63. The lowest BCUT2D eigenvalue weighted by Crippen LogP contribution is -2.22. The van der Waals surface area contributed by atoms with Crippen LogP contribution >= 0.6 is 0 Å². The van der Waals surface area contributed by atoms with E-state index >= 15 is 0 Å². The Labute approximate surface area is 158 Å². The third-order valence-electron chi connectivity index (χ3n) is 5.11. The van der Waals surface area contributed by atoms with Gasteiger partial charge in [0.1, 0.15) is 11.5 Å². The number of benzene rings is 1. The Hall–Kier alpha value is -2.80. The van der Waals surface area contributed by atoms with Crippen molar-refractivity contribution in [3.05, 3.63) is 47.5 Å². The van der Waals surface area contributed by atoms with Gasteiger partial charge in [0.2, 0.25) is 0 Å². The normalized spacial score (nSPS) is 17.4. The predicted molar refractivity (Wildman–Crippen MR) is 101 cm³/mol. The number of H-pyrrole nitrogens is 1. The average Bonchev–Trinajstić information content (AvgIpc) is 3.42. The van der Waals surface area contributed by atoms with E-state index in [2.05, 4.69) is 20.3 Å². The maximum absolute atomic E-state index is 5.55. The lowest BCUT2D eigenvalue weighted by Gasteiger charge is -2.22. The topological polar surface area (TPSA) is 76.4 Å². The second kappa shape index (κ2) is 7.44. The minimum Gasteiger partial charge on any atom is -0.497 e. The third-order valence-corrected chi connectivity index (χ3v) is 5.11. The minimum atomic E-state index is 0.251. The highest BCUT2D eigenvalue weighted by atomic mass is 16.5. The molecule has 0 saturated carbocycles.